The summed E-state index contributed by atoms with van der Waals surface area (Å²) in [5.74, 6) is 0.613. The summed E-state index contributed by atoms with van der Waals surface area (Å²) in [5, 5.41) is 0.181. The van der Waals surface area contributed by atoms with Crippen molar-refractivity contribution in [1.29, 1.82) is 0 Å². The zero-order valence-corrected chi connectivity index (χ0v) is 12.2. The van der Waals surface area contributed by atoms with E-state index in [1.165, 1.54) is 17.3 Å². The number of imidazole rings is 1. The molecule has 0 radical (unpaired) electrons. The van der Waals surface area contributed by atoms with Gasteiger partial charge >= 0.3 is 0 Å². The van der Waals surface area contributed by atoms with Crippen molar-refractivity contribution < 1.29 is 8.42 Å². The highest BCUT2D eigenvalue weighted by molar-refractivity contribution is 7.89. The summed E-state index contributed by atoms with van der Waals surface area (Å²) >= 11 is 0. The minimum atomic E-state index is -3.47. The monoisotopic (exact) mass is 291 g/mol. The molecule has 1 aromatic heterocycles. The van der Waals surface area contributed by atoms with Crippen LogP contribution < -0.4 is 0 Å². The molecule has 106 valence electrons. The van der Waals surface area contributed by atoms with Gasteiger partial charge in [-0.25, -0.2) is 13.4 Å². The molecule has 0 bridgehead atoms. The fourth-order valence-electron chi connectivity index (χ4n) is 2.56. The molecular formula is C14H17N3O2S. The van der Waals surface area contributed by atoms with E-state index in [0.717, 1.165) is 12.8 Å². The Balaban J connectivity index is 1.87. The van der Waals surface area contributed by atoms with Gasteiger partial charge < -0.3 is 4.98 Å². The van der Waals surface area contributed by atoms with E-state index < -0.39 is 10.0 Å². The molecule has 1 N–H and O–H groups in total. The number of aromatic amines is 1. The number of nitrogens with zero attached hydrogens (tertiary/aromatic N) is 2. The minimum Gasteiger partial charge on any atom is -0.332 e. The van der Waals surface area contributed by atoms with E-state index in [1.807, 2.05) is 12.1 Å². The molecule has 0 spiro atoms. The number of hydrogen-bond acceptors (Lipinski definition) is 3. The third-order valence-corrected chi connectivity index (χ3v) is 5.49. The number of rotatable bonds is 2. The molecule has 20 heavy (non-hydrogen) atoms. The molecular weight excluding hydrogens is 274 g/mol. The lowest BCUT2D eigenvalue weighted by Gasteiger charge is -2.18. The van der Waals surface area contributed by atoms with Crippen LogP contribution in [0.2, 0.25) is 0 Å². The van der Waals surface area contributed by atoms with Crippen molar-refractivity contribution in [2.75, 3.05) is 13.1 Å². The predicted octanol–water partition coefficient (Wildman–Crippen LogP) is 1.51. The van der Waals surface area contributed by atoms with E-state index in [4.69, 9.17) is 0 Å². The number of hydrogen-bond donors (Lipinski definition) is 1. The average molecular weight is 291 g/mol. The van der Waals surface area contributed by atoms with Gasteiger partial charge in [0.1, 0.15) is 5.82 Å². The van der Waals surface area contributed by atoms with E-state index >= 15 is 0 Å². The van der Waals surface area contributed by atoms with Gasteiger partial charge in [0.05, 0.1) is 6.20 Å². The summed E-state index contributed by atoms with van der Waals surface area (Å²) < 4.78 is 26.7. The number of sulfonamides is 1. The van der Waals surface area contributed by atoms with Crippen molar-refractivity contribution in [2.24, 2.45) is 0 Å². The van der Waals surface area contributed by atoms with Crippen molar-refractivity contribution in [3.05, 3.63) is 47.4 Å². The smallest absolute Gasteiger partial charge is 0.260 e. The van der Waals surface area contributed by atoms with Crippen molar-refractivity contribution in [1.82, 2.24) is 14.3 Å². The summed E-state index contributed by atoms with van der Waals surface area (Å²) in [4.78, 5) is 6.79. The van der Waals surface area contributed by atoms with Gasteiger partial charge in [-0.15, -0.1) is 0 Å². The van der Waals surface area contributed by atoms with Crippen LogP contribution in [-0.4, -0.2) is 35.8 Å². The van der Waals surface area contributed by atoms with Gasteiger partial charge in [0.25, 0.3) is 10.0 Å². The number of aryl methyl sites for hydroxylation is 1. The van der Waals surface area contributed by atoms with Gasteiger partial charge in [-0.1, -0.05) is 24.3 Å². The summed E-state index contributed by atoms with van der Waals surface area (Å²) in [7, 11) is -3.47. The van der Waals surface area contributed by atoms with Gasteiger partial charge in [-0.3, -0.25) is 0 Å². The Hall–Kier alpha value is -1.66. The Kier molecular flexibility index (Phi) is 3.35. The van der Waals surface area contributed by atoms with Gasteiger partial charge in [-0.2, -0.15) is 4.31 Å². The highest BCUT2D eigenvalue weighted by Crippen LogP contribution is 2.20. The molecule has 1 aromatic carbocycles. The molecule has 0 atom stereocenters. The summed E-state index contributed by atoms with van der Waals surface area (Å²) in [5.41, 5.74) is 2.48. The van der Waals surface area contributed by atoms with Gasteiger partial charge in [0.2, 0.25) is 0 Å². The lowest BCUT2D eigenvalue weighted by atomic mass is 10.0. The minimum absolute atomic E-state index is 0.181. The molecule has 2 aromatic rings. The van der Waals surface area contributed by atoms with Crippen LogP contribution in [0.25, 0.3) is 0 Å². The first-order chi connectivity index (χ1) is 9.57. The van der Waals surface area contributed by atoms with Crippen LogP contribution in [0.5, 0.6) is 0 Å². The van der Waals surface area contributed by atoms with Crippen molar-refractivity contribution in [3.8, 4) is 0 Å². The fourth-order valence-corrected chi connectivity index (χ4v) is 3.96. The van der Waals surface area contributed by atoms with Crippen molar-refractivity contribution >= 4 is 10.0 Å². The topological polar surface area (TPSA) is 66.1 Å². The second kappa shape index (κ2) is 5.03. The first kappa shape index (κ1) is 13.3. The molecule has 5 nitrogen and oxygen atoms in total. The largest absolute Gasteiger partial charge is 0.332 e. The Morgan fingerprint density at radius 2 is 1.75 bits per heavy atom. The van der Waals surface area contributed by atoms with Crippen LogP contribution in [0.15, 0.2) is 35.5 Å². The van der Waals surface area contributed by atoms with Crippen molar-refractivity contribution in [2.45, 2.75) is 24.8 Å². The molecule has 0 saturated heterocycles. The Morgan fingerprint density at radius 3 is 2.25 bits per heavy atom. The van der Waals surface area contributed by atoms with Gasteiger partial charge in [0, 0.05) is 13.1 Å². The molecule has 1 aliphatic heterocycles. The second-order valence-electron chi connectivity index (χ2n) is 5.01. The third-order valence-electron chi connectivity index (χ3n) is 3.68. The highest BCUT2D eigenvalue weighted by atomic mass is 32.2. The van der Waals surface area contributed by atoms with Crippen LogP contribution >= 0.6 is 0 Å². The summed E-state index contributed by atoms with van der Waals surface area (Å²) in [6.45, 7) is 2.77. The standard InChI is InChI=1S/C14H17N3O2S/c1-11-15-10-14(16-11)20(18,19)17-8-6-12-4-2-3-5-13(12)7-9-17/h2-5,10H,6-9H2,1H3,(H,15,16). The van der Waals surface area contributed by atoms with Crippen LogP contribution in [0.3, 0.4) is 0 Å². The first-order valence-electron chi connectivity index (χ1n) is 6.66. The Morgan fingerprint density at radius 1 is 1.15 bits per heavy atom. The molecule has 0 amide bonds. The maximum Gasteiger partial charge on any atom is 0.260 e. The average Bonchev–Trinajstić information content (AvgIpc) is 2.75. The maximum atomic E-state index is 12.6. The normalized spacial score (nSPS) is 16.6. The highest BCUT2D eigenvalue weighted by Gasteiger charge is 2.27. The van der Waals surface area contributed by atoms with E-state index in [9.17, 15) is 8.42 Å². The van der Waals surface area contributed by atoms with E-state index in [1.54, 1.807) is 11.2 Å². The van der Waals surface area contributed by atoms with Crippen LogP contribution in [0.4, 0.5) is 0 Å². The second-order valence-corrected chi connectivity index (χ2v) is 6.91. The molecule has 0 saturated carbocycles. The van der Waals surface area contributed by atoms with E-state index in [0.29, 0.717) is 18.9 Å². The molecule has 2 heterocycles. The number of fused-ring (bicyclic) bond motifs is 1. The summed E-state index contributed by atoms with van der Waals surface area (Å²) in [6, 6.07) is 8.15. The lowest BCUT2D eigenvalue weighted by Crippen LogP contribution is -2.33. The predicted molar refractivity (Wildman–Crippen MR) is 75.9 cm³/mol. The zero-order chi connectivity index (χ0) is 14.2. The summed E-state index contributed by atoms with van der Waals surface area (Å²) in [6.07, 6.45) is 2.90. The lowest BCUT2D eigenvalue weighted by molar-refractivity contribution is 0.424. The van der Waals surface area contributed by atoms with Crippen LogP contribution in [0, 0.1) is 6.92 Å². The van der Waals surface area contributed by atoms with Crippen LogP contribution in [0.1, 0.15) is 17.0 Å². The number of benzene rings is 1. The third kappa shape index (κ3) is 2.36. The van der Waals surface area contributed by atoms with Gasteiger partial charge in [-0.05, 0) is 30.9 Å². The molecule has 0 fully saturated rings. The SMILES string of the molecule is Cc1ncc(S(=O)(=O)N2CCc3ccccc3CC2)[nH]1. The molecule has 0 aliphatic carbocycles. The Bertz CT molecular complexity index is 695. The number of aromatic nitrogens is 2. The van der Waals surface area contributed by atoms with E-state index in [2.05, 4.69) is 22.1 Å². The maximum absolute atomic E-state index is 12.6. The quantitative estimate of drug-likeness (QED) is 0.912. The van der Waals surface area contributed by atoms with Crippen molar-refractivity contribution in [3.63, 3.8) is 0 Å². The van der Waals surface area contributed by atoms with Crippen LogP contribution in [-0.2, 0) is 22.9 Å². The molecule has 1 aliphatic rings. The first-order valence-corrected chi connectivity index (χ1v) is 8.10. The zero-order valence-electron chi connectivity index (χ0n) is 11.3. The molecule has 0 unspecified atom stereocenters. The fraction of sp³-hybridized carbons (Fsp3) is 0.357. The number of H-pyrrole nitrogens is 1. The van der Waals surface area contributed by atoms with E-state index in [-0.39, 0.29) is 5.03 Å². The Labute approximate surface area is 118 Å². The molecule has 3 rings (SSSR count). The number of nitrogens with one attached hydrogen (secondary N) is 1. The van der Waals surface area contributed by atoms with Gasteiger partial charge in [0.15, 0.2) is 5.03 Å². The molecule has 6 heteroatoms.